The van der Waals surface area contributed by atoms with Gasteiger partial charge >= 0.3 is 0 Å². The predicted molar refractivity (Wildman–Crippen MR) is 102 cm³/mol. The van der Waals surface area contributed by atoms with Gasteiger partial charge in [-0.25, -0.2) is 0 Å². The fourth-order valence-corrected chi connectivity index (χ4v) is 3.09. The van der Waals surface area contributed by atoms with Crippen molar-refractivity contribution in [2.75, 3.05) is 18.2 Å². The first-order chi connectivity index (χ1) is 12.5. The number of halogens is 2. The second kappa shape index (κ2) is 8.44. The third-order valence-corrected chi connectivity index (χ3v) is 4.59. The highest BCUT2D eigenvalue weighted by Crippen LogP contribution is 2.28. The number of carbonyl (C=O) groups excluding carboxylic acids is 1. The van der Waals surface area contributed by atoms with E-state index in [1.54, 1.807) is 36.4 Å². The minimum absolute atomic E-state index is 0.112. The molecule has 1 aromatic heterocycles. The molecule has 0 spiro atoms. The molecule has 134 valence electrons. The number of amides is 1. The first-order valence-corrected chi connectivity index (χ1v) is 9.15. The molecule has 0 aliphatic heterocycles. The van der Waals surface area contributed by atoms with Crippen LogP contribution in [0.4, 0.5) is 5.69 Å². The van der Waals surface area contributed by atoms with E-state index in [-0.39, 0.29) is 11.7 Å². The van der Waals surface area contributed by atoms with Crippen LogP contribution in [0.25, 0.3) is 11.5 Å². The zero-order valence-electron chi connectivity index (χ0n) is 13.5. The number of aromatic nitrogens is 2. The van der Waals surface area contributed by atoms with Crippen LogP contribution in [0.15, 0.2) is 52.1 Å². The molecule has 3 rings (SSSR count). The molecule has 0 aliphatic rings. The number of nitrogens with one attached hydrogen (secondary N) is 1. The summed E-state index contributed by atoms with van der Waals surface area (Å²) in [4.78, 5) is 12.1. The van der Waals surface area contributed by atoms with Crippen molar-refractivity contribution < 1.29 is 13.9 Å². The Bertz CT molecular complexity index is 933. The number of methoxy groups -OCH3 is 1. The number of hydrogen-bond acceptors (Lipinski definition) is 6. The van der Waals surface area contributed by atoms with Gasteiger partial charge in [0.25, 0.3) is 5.22 Å². The van der Waals surface area contributed by atoms with Gasteiger partial charge in [0.2, 0.25) is 11.8 Å². The lowest BCUT2D eigenvalue weighted by atomic mass is 10.2. The maximum Gasteiger partial charge on any atom is 0.277 e. The molecule has 0 unspecified atom stereocenters. The molecule has 1 N–H and O–H groups in total. The summed E-state index contributed by atoms with van der Waals surface area (Å²) in [5, 5.41) is 11.9. The van der Waals surface area contributed by atoms with E-state index < -0.39 is 0 Å². The van der Waals surface area contributed by atoms with Crippen molar-refractivity contribution >= 4 is 46.6 Å². The zero-order chi connectivity index (χ0) is 18.5. The molecular weight excluding hydrogens is 397 g/mol. The molecule has 0 fully saturated rings. The van der Waals surface area contributed by atoms with E-state index in [0.29, 0.717) is 38.2 Å². The Morgan fingerprint density at radius 2 is 2.08 bits per heavy atom. The Hall–Kier alpha value is -2.22. The molecule has 0 bridgehead atoms. The molecule has 1 heterocycles. The second-order valence-electron chi connectivity index (χ2n) is 5.07. The maximum absolute atomic E-state index is 12.1. The first kappa shape index (κ1) is 18.6. The van der Waals surface area contributed by atoms with Crippen LogP contribution in [0.3, 0.4) is 0 Å². The maximum atomic E-state index is 12.1. The van der Waals surface area contributed by atoms with Crippen molar-refractivity contribution in [3.05, 3.63) is 52.5 Å². The number of ether oxygens (including phenoxy) is 1. The summed E-state index contributed by atoms with van der Waals surface area (Å²) in [5.41, 5.74) is 1.29. The Kier molecular flexibility index (Phi) is 6.03. The number of rotatable bonds is 6. The largest absolute Gasteiger partial charge is 0.495 e. The Morgan fingerprint density at radius 1 is 1.23 bits per heavy atom. The average molecular weight is 410 g/mol. The molecule has 3 aromatic rings. The van der Waals surface area contributed by atoms with Crippen LogP contribution in [-0.4, -0.2) is 29.0 Å². The van der Waals surface area contributed by atoms with E-state index in [1.807, 2.05) is 6.07 Å². The van der Waals surface area contributed by atoms with Crippen molar-refractivity contribution in [3.63, 3.8) is 0 Å². The molecule has 0 saturated carbocycles. The van der Waals surface area contributed by atoms with E-state index in [4.69, 9.17) is 32.4 Å². The van der Waals surface area contributed by atoms with Gasteiger partial charge in [-0.15, -0.1) is 10.2 Å². The molecule has 1 amide bonds. The van der Waals surface area contributed by atoms with E-state index in [9.17, 15) is 4.79 Å². The van der Waals surface area contributed by atoms with Crippen molar-refractivity contribution in [3.8, 4) is 17.2 Å². The van der Waals surface area contributed by atoms with Crippen LogP contribution in [0.1, 0.15) is 0 Å². The number of carbonyl (C=O) groups is 1. The smallest absolute Gasteiger partial charge is 0.277 e. The lowest BCUT2D eigenvalue weighted by Crippen LogP contribution is -2.14. The second-order valence-corrected chi connectivity index (χ2v) is 6.84. The molecule has 0 atom stereocenters. The molecular formula is C17H13Cl2N3O3S. The monoisotopic (exact) mass is 409 g/mol. The lowest BCUT2D eigenvalue weighted by Gasteiger charge is -2.07. The summed E-state index contributed by atoms with van der Waals surface area (Å²) in [6.45, 7) is 0. The van der Waals surface area contributed by atoms with Crippen LogP contribution in [0.5, 0.6) is 5.75 Å². The number of thioether (sulfide) groups is 1. The van der Waals surface area contributed by atoms with Crippen LogP contribution in [0, 0.1) is 0 Å². The van der Waals surface area contributed by atoms with Crippen molar-refractivity contribution in [1.82, 2.24) is 10.2 Å². The Morgan fingerprint density at radius 3 is 2.81 bits per heavy atom. The van der Waals surface area contributed by atoms with Crippen molar-refractivity contribution in [1.29, 1.82) is 0 Å². The summed E-state index contributed by atoms with van der Waals surface area (Å²) in [6.07, 6.45) is 0. The van der Waals surface area contributed by atoms with E-state index >= 15 is 0 Å². The minimum atomic E-state index is -0.223. The highest BCUT2D eigenvalue weighted by atomic mass is 35.5. The van der Waals surface area contributed by atoms with Gasteiger partial charge in [0.1, 0.15) is 5.75 Å². The van der Waals surface area contributed by atoms with Gasteiger partial charge in [-0.2, -0.15) is 0 Å². The van der Waals surface area contributed by atoms with Gasteiger partial charge in [-0.1, -0.05) is 41.0 Å². The summed E-state index contributed by atoms with van der Waals surface area (Å²) in [6, 6.07) is 12.1. The molecule has 0 radical (unpaired) electrons. The van der Waals surface area contributed by atoms with E-state index in [0.717, 1.165) is 11.8 Å². The van der Waals surface area contributed by atoms with E-state index in [1.165, 1.54) is 7.11 Å². The standard InChI is InChI=1S/C17H13Cl2N3O3S/c1-24-14-6-5-12(8-13(14)19)20-15(23)9-26-17-22-21-16(25-17)10-3-2-4-11(18)7-10/h2-8H,9H2,1H3,(H,20,23). The summed E-state index contributed by atoms with van der Waals surface area (Å²) >= 11 is 13.1. The van der Waals surface area contributed by atoms with Gasteiger partial charge in [0.05, 0.1) is 17.9 Å². The molecule has 0 saturated heterocycles. The zero-order valence-corrected chi connectivity index (χ0v) is 15.9. The lowest BCUT2D eigenvalue weighted by molar-refractivity contribution is -0.113. The number of nitrogens with zero attached hydrogens (tertiary/aromatic N) is 2. The topological polar surface area (TPSA) is 77.2 Å². The normalized spacial score (nSPS) is 10.6. The highest BCUT2D eigenvalue weighted by Gasteiger charge is 2.12. The Balaban J connectivity index is 1.57. The third kappa shape index (κ3) is 4.69. The SMILES string of the molecule is COc1ccc(NC(=O)CSc2nnc(-c3cccc(Cl)c3)o2)cc1Cl. The van der Waals surface area contributed by atoms with E-state index in [2.05, 4.69) is 15.5 Å². The van der Waals surface area contributed by atoms with Gasteiger partial charge in [0, 0.05) is 16.3 Å². The molecule has 9 heteroatoms. The Labute approximate surface area is 163 Å². The summed E-state index contributed by atoms with van der Waals surface area (Å²) in [7, 11) is 1.53. The van der Waals surface area contributed by atoms with Gasteiger partial charge in [-0.3, -0.25) is 4.79 Å². The van der Waals surface area contributed by atoms with Crippen molar-refractivity contribution in [2.24, 2.45) is 0 Å². The summed E-state index contributed by atoms with van der Waals surface area (Å²) < 4.78 is 10.6. The molecule has 0 aliphatic carbocycles. The van der Waals surface area contributed by atoms with Gasteiger partial charge in [0.15, 0.2) is 0 Å². The average Bonchev–Trinajstić information content (AvgIpc) is 3.09. The fourth-order valence-electron chi connectivity index (χ4n) is 2.07. The number of hydrogen-bond donors (Lipinski definition) is 1. The van der Waals surface area contributed by atoms with Crippen molar-refractivity contribution in [2.45, 2.75) is 5.22 Å². The first-order valence-electron chi connectivity index (χ1n) is 7.41. The molecule has 6 nitrogen and oxygen atoms in total. The third-order valence-electron chi connectivity index (χ3n) is 3.24. The van der Waals surface area contributed by atoms with Crippen LogP contribution in [0.2, 0.25) is 10.0 Å². The predicted octanol–water partition coefficient (Wildman–Crippen LogP) is 4.78. The van der Waals surface area contributed by atoms with Crippen LogP contribution >= 0.6 is 35.0 Å². The number of benzene rings is 2. The molecule has 2 aromatic carbocycles. The van der Waals surface area contributed by atoms with Crippen LogP contribution in [-0.2, 0) is 4.79 Å². The number of anilines is 1. The highest BCUT2D eigenvalue weighted by molar-refractivity contribution is 7.99. The van der Waals surface area contributed by atoms with Crippen LogP contribution < -0.4 is 10.1 Å². The minimum Gasteiger partial charge on any atom is -0.495 e. The van der Waals surface area contributed by atoms with Gasteiger partial charge < -0.3 is 14.5 Å². The molecule has 26 heavy (non-hydrogen) atoms. The quantitative estimate of drug-likeness (QED) is 0.590. The van der Waals surface area contributed by atoms with Gasteiger partial charge in [-0.05, 0) is 36.4 Å². The summed E-state index contributed by atoms with van der Waals surface area (Å²) in [5.74, 6) is 0.774. The fraction of sp³-hybridized carbons (Fsp3) is 0.118.